The van der Waals surface area contributed by atoms with Crippen LogP contribution in [0.5, 0.6) is 5.75 Å². The first-order valence-electron chi connectivity index (χ1n) is 7.90. The minimum atomic E-state index is -0.514. The molecule has 0 bridgehead atoms. The van der Waals surface area contributed by atoms with E-state index in [0.717, 1.165) is 16.9 Å². The fourth-order valence-corrected chi connectivity index (χ4v) is 1.92. The number of rotatable bonds is 7. The van der Waals surface area contributed by atoms with Crippen LogP contribution in [0.2, 0.25) is 0 Å². The number of nitrogens with one attached hydrogen (secondary N) is 1. The third-order valence-corrected chi connectivity index (χ3v) is 3.23. The largest absolute Gasteiger partial charge is 0.493 e. The van der Waals surface area contributed by atoms with Crippen LogP contribution in [0, 0.1) is 11.7 Å². The molecule has 0 spiro atoms. The number of hydrogen-bond acceptors (Lipinski definition) is 3. The summed E-state index contributed by atoms with van der Waals surface area (Å²) < 4.78 is 23.5. The van der Waals surface area contributed by atoms with E-state index in [4.69, 9.17) is 9.47 Å². The molecule has 4 nitrogen and oxygen atoms in total. The van der Waals surface area contributed by atoms with E-state index < -0.39 is 6.09 Å². The maximum atomic E-state index is 12.8. The molecule has 0 aliphatic rings. The van der Waals surface area contributed by atoms with Gasteiger partial charge in [-0.15, -0.1) is 0 Å². The third kappa shape index (κ3) is 6.28. The van der Waals surface area contributed by atoms with Gasteiger partial charge < -0.3 is 14.8 Å². The molecule has 0 aliphatic carbocycles. The normalized spacial score (nSPS) is 10.5. The van der Waals surface area contributed by atoms with E-state index in [1.807, 2.05) is 24.3 Å². The molecule has 0 unspecified atom stereocenters. The molecule has 5 heteroatoms. The first-order valence-corrected chi connectivity index (χ1v) is 7.90. The molecular formula is C19H22FNO3. The van der Waals surface area contributed by atoms with E-state index >= 15 is 0 Å². The Morgan fingerprint density at radius 3 is 2.29 bits per heavy atom. The fourth-order valence-electron chi connectivity index (χ4n) is 1.92. The molecule has 0 aromatic heterocycles. The van der Waals surface area contributed by atoms with Crippen LogP contribution in [0.1, 0.15) is 25.0 Å². The maximum Gasteiger partial charge on any atom is 0.407 e. The molecule has 2 aromatic carbocycles. The van der Waals surface area contributed by atoms with Crippen LogP contribution in [0.25, 0.3) is 0 Å². The van der Waals surface area contributed by atoms with Gasteiger partial charge in [-0.05, 0) is 41.3 Å². The minimum Gasteiger partial charge on any atom is -0.493 e. The number of carbonyl (C=O) groups is 1. The Kier molecular flexibility index (Phi) is 6.61. The lowest BCUT2D eigenvalue weighted by atomic mass is 10.2. The second-order valence-corrected chi connectivity index (χ2v) is 5.90. The second kappa shape index (κ2) is 8.91. The summed E-state index contributed by atoms with van der Waals surface area (Å²) >= 11 is 0. The van der Waals surface area contributed by atoms with Crippen LogP contribution in [-0.2, 0) is 17.9 Å². The first kappa shape index (κ1) is 17.8. The quantitative estimate of drug-likeness (QED) is 0.823. The predicted octanol–water partition coefficient (Wildman–Crippen LogP) is 4.29. The summed E-state index contributed by atoms with van der Waals surface area (Å²) in [5.41, 5.74) is 1.68. The summed E-state index contributed by atoms with van der Waals surface area (Å²) in [7, 11) is 0. The Balaban J connectivity index is 1.72. The van der Waals surface area contributed by atoms with Crippen molar-refractivity contribution < 1.29 is 18.7 Å². The molecule has 0 aliphatic heterocycles. The van der Waals surface area contributed by atoms with Crippen LogP contribution in [0.4, 0.5) is 9.18 Å². The zero-order valence-electron chi connectivity index (χ0n) is 13.9. The molecule has 2 aromatic rings. The number of amides is 1. The number of carbonyl (C=O) groups excluding carboxylic acids is 1. The molecule has 0 radical (unpaired) electrons. The lowest BCUT2D eigenvalue weighted by Crippen LogP contribution is -2.23. The van der Waals surface area contributed by atoms with E-state index in [1.165, 1.54) is 12.1 Å². The monoisotopic (exact) mass is 331 g/mol. The molecule has 0 atom stereocenters. The molecule has 1 N–H and O–H groups in total. The lowest BCUT2D eigenvalue weighted by Gasteiger charge is -2.10. The van der Waals surface area contributed by atoms with Crippen molar-refractivity contribution in [1.82, 2.24) is 5.32 Å². The summed E-state index contributed by atoms with van der Waals surface area (Å²) in [5.74, 6) is 0.970. The summed E-state index contributed by atoms with van der Waals surface area (Å²) in [6, 6.07) is 13.4. The van der Waals surface area contributed by atoms with Gasteiger partial charge in [0.15, 0.2) is 0 Å². The molecule has 0 saturated heterocycles. The molecule has 24 heavy (non-hydrogen) atoms. The molecular weight excluding hydrogens is 309 g/mol. The van der Waals surface area contributed by atoms with E-state index in [9.17, 15) is 9.18 Å². The average Bonchev–Trinajstić information content (AvgIpc) is 2.58. The molecule has 0 fully saturated rings. The molecule has 0 heterocycles. The molecule has 128 valence electrons. The summed E-state index contributed by atoms with van der Waals surface area (Å²) in [5, 5.41) is 2.67. The third-order valence-electron chi connectivity index (χ3n) is 3.23. The van der Waals surface area contributed by atoms with Gasteiger partial charge in [0.05, 0.1) is 6.61 Å². The zero-order chi connectivity index (χ0) is 17.4. The van der Waals surface area contributed by atoms with Crippen molar-refractivity contribution in [2.24, 2.45) is 5.92 Å². The maximum absolute atomic E-state index is 12.8. The fraction of sp³-hybridized carbons (Fsp3) is 0.316. The minimum absolute atomic E-state index is 0.105. The lowest BCUT2D eigenvalue weighted by molar-refractivity contribution is 0.139. The smallest absolute Gasteiger partial charge is 0.407 e. The van der Waals surface area contributed by atoms with E-state index in [2.05, 4.69) is 19.2 Å². The Bertz CT molecular complexity index is 639. The van der Waals surface area contributed by atoms with Crippen LogP contribution < -0.4 is 10.1 Å². The number of hydrogen-bond donors (Lipinski definition) is 1. The summed E-state index contributed by atoms with van der Waals surface area (Å²) in [6.07, 6.45) is -0.514. The average molecular weight is 331 g/mol. The SMILES string of the molecule is CC(C)COc1ccc(CNC(=O)OCc2ccc(F)cc2)cc1. The number of benzene rings is 2. The van der Waals surface area contributed by atoms with Gasteiger partial charge in [0.2, 0.25) is 0 Å². The highest BCUT2D eigenvalue weighted by molar-refractivity contribution is 5.67. The predicted molar refractivity (Wildman–Crippen MR) is 90.2 cm³/mol. The van der Waals surface area contributed by atoms with Crippen molar-refractivity contribution in [3.8, 4) is 5.75 Å². The van der Waals surface area contributed by atoms with Crippen molar-refractivity contribution in [2.45, 2.75) is 27.0 Å². The van der Waals surface area contributed by atoms with E-state index in [-0.39, 0.29) is 12.4 Å². The zero-order valence-corrected chi connectivity index (χ0v) is 13.9. The molecule has 2 rings (SSSR count). The standard InChI is InChI=1S/C19H22FNO3/c1-14(2)12-23-18-9-5-15(6-10-18)11-21-19(22)24-13-16-3-7-17(20)8-4-16/h3-10,14H,11-13H2,1-2H3,(H,21,22). The van der Waals surface area contributed by atoms with Gasteiger partial charge in [0.25, 0.3) is 0 Å². The Labute approximate surface area is 141 Å². The molecule has 0 saturated carbocycles. The van der Waals surface area contributed by atoms with Gasteiger partial charge in [0, 0.05) is 6.54 Å². The topological polar surface area (TPSA) is 47.6 Å². The van der Waals surface area contributed by atoms with E-state index in [0.29, 0.717) is 19.1 Å². The summed E-state index contributed by atoms with van der Waals surface area (Å²) in [6.45, 7) is 5.33. The van der Waals surface area contributed by atoms with Crippen molar-refractivity contribution in [2.75, 3.05) is 6.61 Å². The van der Waals surface area contributed by atoms with Crippen LogP contribution >= 0.6 is 0 Å². The van der Waals surface area contributed by atoms with Crippen LogP contribution in [0.15, 0.2) is 48.5 Å². The van der Waals surface area contributed by atoms with Crippen molar-refractivity contribution >= 4 is 6.09 Å². The summed E-state index contributed by atoms with van der Waals surface area (Å²) in [4.78, 5) is 11.7. The Morgan fingerprint density at radius 1 is 1.04 bits per heavy atom. The molecule has 1 amide bonds. The van der Waals surface area contributed by atoms with Crippen molar-refractivity contribution in [3.63, 3.8) is 0 Å². The van der Waals surface area contributed by atoms with Crippen molar-refractivity contribution in [1.29, 1.82) is 0 Å². The van der Waals surface area contributed by atoms with Crippen LogP contribution in [-0.4, -0.2) is 12.7 Å². The van der Waals surface area contributed by atoms with Gasteiger partial charge in [-0.3, -0.25) is 0 Å². The highest BCUT2D eigenvalue weighted by atomic mass is 19.1. The first-order chi connectivity index (χ1) is 11.5. The van der Waals surface area contributed by atoms with E-state index in [1.54, 1.807) is 12.1 Å². The second-order valence-electron chi connectivity index (χ2n) is 5.90. The van der Waals surface area contributed by atoms with Gasteiger partial charge >= 0.3 is 6.09 Å². The number of ether oxygens (including phenoxy) is 2. The highest BCUT2D eigenvalue weighted by Crippen LogP contribution is 2.13. The van der Waals surface area contributed by atoms with Gasteiger partial charge in [0.1, 0.15) is 18.2 Å². The number of alkyl carbamates (subject to hydrolysis) is 1. The van der Waals surface area contributed by atoms with Crippen LogP contribution in [0.3, 0.4) is 0 Å². The van der Waals surface area contributed by atoms with Gasteiger partial charge in [-0.2, -0.15) is 0 Å². The highest BCUT2D eigenvalue weighted by Gasteiger charge is 2.04. The Morgan fingerprint density at radius 2 is 1.67 bits per heavy atom. The Hall–Kier alpha value is -2.56. The number of halogens is 1. The van der Waals surface area contributed by atoms with Gasteiger partial charge in [-0.25, -0.2) is 9.18 Å². The van der Waals surface area contributed by atoms with Gasteiger partial charge in [-0.1, -0.05) is 38.1 Å². The van der Waals surface area contributed by atoms with Crippen molar-refractivity contribution in [3.05, 3.63) is 65.5 Å².